The van der Waals surface area contributed by atoms with E-state index in [1.54, 1.807) is 25.3 Å². The molecular formula is C23H33N3O5. The van der Waals surface area contributed by atoms with Crippen LogP contribution in [0.25, 0.3) is 0 Å². The number of carbonyl (C=O) groups is 3. The topological polar surface area (TPSA) is 97.0 Å². The summed E-state index contributed by atoms with van der Waals surface area (Å²) < 4.78 is 11.0. The monoisotopic (exact) mass is 431 g/mol. The van der Waals surface area contributed by atoms with Crippen LogP contribution in [0.4, 0.5) is 10.5 Å². The number of amides is 4. The number of rotatable bonds is 9. The molecular weight excluding hydrogens is 398 g/mol. The number of nitrogens with zero attached hydrogens (tertiary/aromatic N) is 1. The fraction of sp³-hybridized carbons (Fsp3) is 0.609. The predicted molar refractivity (Wildman–Crippen MR) is 117 cm³/mol. The van der Waals surface area contributed by atoms with E-state index in [1.807, 2.05) is 0 Å². The number of imide groups is 1. The van der Waals surface area contributed by atoms with Gasteiger partial charge in [-0.3, -0.25) is 14.5 Å². The number of carbonyl (C=O) groups excluding carboxylic acids is 3. The van der Waals surface area contributed by atoms with E-state index < -0.39 is 17.5 Å². The van der Waals surface area contributed by atoms with Gasteiger partial charge in [-0.05, 0) is 50.2 Å². The van der Waals surface area contributed by atoms with Gasteiger partial charge in [0.15, 0.2) is 0 Å². The van der Waals surface area contributed by atoms with Crippen molar-refractivity contribution >= 4 is 23.5 Å². The van der Waals surface area contributed by atoms with Crippen molar-refractivity contribution in [3.8, 4) is 11.5 Å². The zero-order valence-electron chi connectivity index (χ0n) is 18.7. The molecule has 170 valence electrons. The maximum atomic E-state index is 13.0. The second kappa shape index (κ2) is 10.0. The van der Waals surface area contributed by atoms with Gasteiger partial charge in [0.1, 0.15) is 23.6 Å². The van der Waals surface area contributed by atoms with Crippen molar-refractivity contribution in [1.29, 1.82) is 0 Å². The molecule has 0 atom stereocenters. The first-order valence-electron chi connectivity index (χ1n) is 11.2. The van der Waals surface area contributed by atoms with Crippen molar-refractivity contribution in [3.63, 3.8) is 0 Å². The van der Waals surface area contributed by atoms with E-state index in [2.05, 4.69) is 24.5 Å². The Labute approximate surface area is 183 Å². The van der Waals surface area contributed by atoms with Crippen LogP contribution in [0.5, 0.6) is 11.5 Å². The van der Waals surface area contributed by atoms with Crippen LogP contribution in [0.1, 0.15) is 58.8 Å². The highest BCUT2D eigenvalue weighted by Crippen LogP contribution is 2.37. The average molecular weight is 432 g/mol. The third kappa shape index (κ3) is 5.11. The molecule has 0 unspecified atom stereocenters. The van der Waals surface area contributed by atoms with Crippen molar-refractivity contribution in [2.75, 3.05) is 25.6 Å². The van der Waals surface area contributed by atoms with Crippen molar-refractivity contribution in [1.82, 2.24) is 10.2 Å². The van der Waals surface area contributed by atoms with E-state index in [4.69, 9.17) is 9.47 Å². The van der Waals surface area contributed by atoms with Gasteiger partial charge in [-0.25, -0.2) is 4.79 Å². The van der Waals surface area contributed by atoms with Gasteiger partial charge in [0.2, 0.25) is 5.91 Å². The molecule has 1 saturated carbocycles. The molecule has 2 aliphatic rings. The highest BCUT2D eigenvalue weighted by atomic mass is 16.5. The van der Waals surface area contributed by atoms with Crippen LogP contribution >= 0.6 is 0 Å². The third-order valence-corrected chi connectivity index (χ3v) is 6.30. The molecule has 1 aromatic rings. The Hall–Kier alpha value is -2.77. The van der Waals surface area contributed by atoms with Crippen LogP contribution in [-0.4, -0.2) is 48.5 Å². The van der Waals surface area contributed by atoms with Gasteiger partial charge in [-0.2, -0.15) is 0 Å². The average Bonchev–Trinajstić information content (AvgIpc) is 2.99. The summed E-state index contributed by atoms with van der Waals surface area (Å²) in [5.41, 5.74) is -0.404. The quantitative estimate of drug-likeness (QED) is 0.459. The number of benzene rings is 1. The van der Waals surface area contributed by atoms with E-state index >= 15 is 0 Å². The van der Waals surface area contributed by atoms with Crippen molar-refractivity contribution in [2.45, 2.75) is 64.3 Å². The van der Waals surface area contributed by atoms with E-state index in [0.717, 1.165) is 37.0 Å². The molecule has 1 spiro atoms. The Kier molecular flexibility index (Phi) is 7.41. The van der Waals surface area contributed by atoms with Crippen LogP contribution in [0.2, 0.25) is 0 Å². The second-order valence-corrected chi connectivity index (χ2v) is 8.37. The minimum Gasteiger partial charge on any atom is -0.497 e. The fourth-order valence-electron chi connectivity index (χ4n) is 4.26. The summed E-state index contributed by atoms with van der Waals surface area (Å²) in [7, 11) is 1.54. The van der Waals surface area contributed by atoms with Crippen LogP contribution < -0.4 is 20.1 Å². The van der Waals surface area contributed by atoms with Gasteiger partial charge in [0.05, 0.1) is 19.4 Å². The number of anilines is 1. The van der Waals surface area contributed by atoms with Crippen LogP contribution in [0, 0.1) is 5.92 Å². The maximum Gasteiger partial charge on any atom is 0.325 e. The highest BCUT2D eigenvalue weighted by Gasteiger charge is 2.52. The third-order valence-electron chi connectivity index (χ3n) is 6.30. The van der Waals surface area contributed by atoms with Crippen molar-refractivity contribution < 1.29 is 23.9 Å². The largest absolute Gasteiger partial charge is 0.497 e. The van der Waals surface area contributed by atoms with E-state index in [1.165, 1.54) is 0 Å². The zero-order chi connectivity index (χ0) is 22.4. The van der Waals surface area contributed by atoms with E-state index in [0.29, 0.717) is 42.6 Å². The van der Waals surface area contributed by atoms with E-state index in [-0.39, 0.29) is 12.5 Å². The van der Waals surface area contributed by atoms with Crippen LogP contribution in [0.15, 0.2) is 18.2 Å². The molecule has 0 bridgehead atoms. The van der Waals surface area contributed by atoms with Gasteiger partial charge in [0, 0.05) is 6.07 Å². The molecule has 1 aliphatic carbocycles. The fourth-order valence-corrected chi connectivity index (χ4v) is 4.26. The Morgan fingerprint density at radius 3 is 2.65 bits per heavy atom. The van der Waals surface area contributed by atoms with Crippen LogP contribution in [0.3, 0.4) is 0 Å². The molecule has 1 saturated heterocycles. The first-order chi connectivity index (χ1) is 14.9. The molecule has 31 heavy (non-hydrogen) atoms. The summed E-state index contributed by atoms with van der Waals surface area (Å²) in [4.78, 5) is 39.3. The summed E-state index contributed by atoms with van der Waals surface area (Å²) in [5.74, 6) is 0.921. The summed E-state index contributed by atoms with van der Waals surface area (Å²) in [6.45, 7) is 4.40. The van der Waals surface area contributed by atoms with Crippen molar-refractivity contribution in [3.05, 3.63) is 18.2 Å². The van der Waals surface area contributed by atoms with Crippen LogP contribution in [-0.2, 0) is 9.59 Å². The van der Waals surface area contributed by atoms with Gasteiger partial charge in [0.25, 0.3) is 5.91 Å². The number of methoxy groups -OCH3 is 1. The molecule has 2 N–H and O–H groups in total. The molecule has 8 nitrogen and oxygen atoms in total. The minimum atomic E-state index is -0.854. The van der Waals surface area contributed by atoms with Gasteiger partial charge in [-0.15, -0.1) is 0 Å². The lowest BCUT2D eigenvalue weighted by Crippen LogP contribution is -2.49. The van der Waals surface area contributed by atoms with Gasteiger partial charge >= 0.3 is 6.03 Å². The number of hydrogen-bond acceptors (Lipinski definition) is 5. The Morgan fingerprint density at radius 1 is 1.26 bits per heavy atom. The molecule has 0 radical (unpaired) electrons. The smallest absolute Gasteiger partial charge is 0.325 e. The standard InChI is InChI=1S/C23H33N3O5/c1-4-6-13-31-19-8-7-17(30-3)14-18(19)24-20(27)15-26-21(28)23(25-22(26)29)11-9-16(5-2)10-12-23/h7-8,14,16H,4-6,9-13,15H2,1-3H3,(H,24,27)(H,25,29). The number of urea groups is 1. The second-order valence-electron chi connectivity index (χ2n) is 8.37. The Morgan fingerprint density at radius 2 is 2.00 bits per heavy atom. The van der Waals surface area contributed by atoms with Crippen molar-refractivity contribution in [2.24, 2.45) is 5.92 Å². The summed E-state index contributed by atoms with van der Waals surface area (Å²) in [6.07, 6.45) is 6.02. The first-order valence-corrected chi connectivity index (χ1v) is 11.2. The molecule has 0 aromatic heterocycles. The minimum absolute atomic E-state index is 0.299. The number of unbranched alkanes of at least 4 members (excludes halogenated alkanes) is 1. The molecule has 1 aliphatic heterocycles. The molecule has 1 aromatic carbocycles. The molecule has 3 rings (SSSR count). The Balaban J connectivity index is 1.66. The summed E-state index contributed by atoms with van der Waals surface area (Å²) in [6, 6.07) is 4.66. The lowest BCUT2D eigenvalue weighted by atomic mass is 9.75. The molecule has 4 amide bonds. The predicted octanol–water partition coefficient (Wildman–Crippen LogP) is 3.70. The summed E-state index contributed by atoms with van der Waals surface area (Å²) >= 11 is 0. The molecule has 8 heteroatoms. The zero-order valence-corrected chi connectivity index (χ0v) is 18.7. The normalized spacial score (nSPS) is 23.1. The number of hydrogen-bond donors (Lipinski definition) is 2. The Bertz CT molecular complexity index is 817. The lowest BCUT2D eigenvalue weighted by Gasteiger charge is -2.34. The molecule has 1 heterocycles. The van der Waals surface area contributed by atoms with Gasteiger partial charge < -0.3 is 20.1 Å². The summed E-state index contributed by atoms with van der Waals surface area (Å²) in [5, 5.41) is 5.63. The first kappa shape index (κ1) is 22.9. The lowest BCUT2D eigenvalue weighted by molar-refractivity contribution is -0.135. The number of ether oxygens (including phenoxy) is 2. The maximum absolute atomic E-state index is 13.0. The van der Waals surface area contributed by atoms with Gasteiger partial charge in [-0.1, -0.05) is 26.7 Å². The number of nitrogens with one attached hydrogen (secondary N) is 2. The molecule has 2 fully saturated rings. The van der Waals surface area contributed by atoms with E-state index in [9.17, 15) is 14.4 Å². The SMILES string of the molecule is CCCCOc1ccc(OC)cc1NC(=O)CN1C(=O)NC2(CCC(CC)CC2)C1=O. The highest BCUT2D eigenvalue weighted by molar-refractivity contribution is 6.10.